The van der Waals surface area contributed by atoms with Crippen LogP contribution in [0, 0.1) is 0 Å². The summed E-state index contributed by atoms with van der Waals surface area (Å²) in [6.07, 6.45) is 2.30. The Kier molecular flexibility index (Phi) is 2.73. The molecular weight excluding hydrogens is 190 g/mol. The summed E-state index contributed by atoms with van der Waals surface area (Å²) in [6.45, 7) is 0.661. The first-order valence-corrected chi connectivity index (χ1v) is 5.30. The lowest BCUT2D eigenvalue weighted by atomic mass is 9.89. The highest BCUT2D eigenvalue weighted by atomic mass is 16.3. The molecule has 2 N–H and O–H groups in total. The lowest BCUT2D eigenvalue weighted by Gasteiger charge is -2.24. The molecule has 80 valence electrons. The summed E-state index contributed by atoms with van der Waals surface area (Å²) in [5.41, 5.74) is -0.651. The molecule has 1 aromatic rings. The Bertz CT molecular complexity index is 350. The minimum Gasteiger partial charge on any atom is -0.375 e. The van der Waals surface area contributed by atoms with Crippen LogP contribution in [0.15, 0.2) is 30.3 Å². The van der Waals surface area contributed by atoms with Gasteiger partial charge in [0.25, 0.3) is 5.91 Å². The molecule has 0 radical (unpaired) electrons. The van der Waals surface area contributed by atoms with E-state index in [1.807, 2.05) is 18.2 Å². The minimum absolute atomic E-state index is 0.272. The van der Waals surface area contributed by atoms with Gasteiger partial charge in [-0.25, -0.2) is 0 Å². The van der Waals surface area contributed by atoms with Gasteiger partial charge < -0.3 is 10.4 Å². The third-order valence-electron chi connectivity index (χ3n) is 2.88. The molecule has 1 atom stereocenters. The van der Waals surface area contributed by atoms with E-state index in [9.17, 15) is 9.90 Å². The van der Waals surface area contributed by atoms with Crippen LogP contribution >= 0.6 is 0 Å². The van der Waals surface area contributed by atoms with Crippen molar-refractivity contribution in [2.45, 2.75) is 24.9 Å². The first-order chi connectivity index (χ1) is 7.23. The first kappa shape index (κ1) is 10.2. The van der Waals surface area contributed by atoms with Crippen LogP contribution in [0.25, 0.3) is 0 Å². The average molecular weight is 205 g/mol. The highest BCUT2D eigenvalue weighted by Crippen LogP contribution is 2.28. The molecule has 1 aliphatic rings. The summed E-state index contributed by atoms with van der Waals surface area (Å²) < 4.78 is 0. The molecule has 15 heavy (non-hydrogen) atoms. The molecule has 1 aliphatic heterocycles. The fourth-order valence-corrected chi connectivity index (χ4v) is 1.96. The number of carbonyl (C=O) groups excluding carboxylic acids is 1. The van der Waals surface area contributed by atoms with Crippen LogP contribution in [0.3, 0.4) is 0 Å². The van der Waals surface area contributed by atoms with Crippen LogP contribution < -0.4 is 5.32 Å². The maximum absolute atomic E-state index is 11.8. The van der Waals surface area contributed by atoms with Gasteiger partial charge in [-0.2, -0.15) is 0 Å². The van der Waals surface area contributed by atoms with Crippen LogP contribution in [-0.2, 0) is 10.4 Å². The van der Waals surface area contributed by atoms with Crippen molar-refractivity contribution in [2.24, 2.45) is 0 Å². The van der Waals surface area contributed by atoms with Gasteiger partial charge in [-0.1, -0.05) is 30.3 Å². The van der Waals surface area contributed by atoms with E-state index in [2.05, 4.69) is 5.32 Å². The van der Waals surface area contributed by atoms with Gasteiger partial charge in [-0.05, 0) is 24.8 Å². The number of rotatable bonds is 1. The monoisotopic (exact) mass is 205 g/mol. The maximum atomic E-state index is 11.8. The van der Waals surface area contributed by atoms with E-state index in [0.29, 0.717) is 18.5 Å². The highest BCUT2D eigenvalue weighted by Gasteiger charge is 2.38. The topological polar surface area (TPSA) is 49.3 Å². The second-order valence-electron chi connectivity index (χ2n) is 3.94. The van der Waals surface area contributed by atoms with Gasteiger partial charge in [-0.15, -0.1) is 0 Å². The standard InChI is InChI=1S/C12H15NO2/c14-11-12(15,8-4-5-9-13-11)10-6-2-1-3-7-10/h1-3,6-7,15H,4-5,8-9H2,(H,13,14). The number of hydrogen-bond acceptors (Lipinski definition) is 2. The molecule has 0 aliphatic carbocycles. The minimum atomic E-state index is -1.34. The Morgan fingerprint density at radius 2 is 1.93 bits per heavy atom. The average Bonchev–Trinajstić information content (AvgIpc) is 2.44. The first-order valence-electron chi connectivity index (χ1n) is 5.30. The zero-order chi connectivity index (χ0) is 10.7. The second kappa shape index (κ2) is 4.03. The Morgan fingerprint density at radius 1 is 1.20 bits per heavy atom. The number of carbonyl (C=O) groups is 1. The normalized spacial score (nSPS) is 26.9. The molecule has 3 nitrogen and oxygen atoms in total. The molecule has 3 heteroatoms. The number of hydrogen-bond donors (Lipinski definition) is 2. The third-order valence-corrected chi connectivity index (χ3v) is 2.88. The summed E-state index contributed by atoms with van der Waals surface area (Å²) >= 11 is 0. The van der Waals surface area contributed by atoms with Crippen LogP contribution in [0.4, 0.5) is 0 Å². The van der Waals surface area contributed by atoms with E-state index in [1.165, 1.54) is 0 Å². The lowest BCUT2D eigenvalue weighted by molar-refractivity contribution is -0.140. The predicted molar refractivity (Wildman–Crippen MR) is 57.2 cm³/mol. The van der Waals surface area contributed by atoms with Crippen molar-refractivity contribution in [1.82, 2.24) is 5.32 Å². The molecule has 1 saturated heterocycles. The van der Waals surface area contributed by atoms with Crippen molar-refractivity contribution in [3.05, 3.63) is 35.9 Å². The van der Waals surface area contributed by atoms with Crippen molar-refractivity contribution >= 4 is 5.91 Å². The molecule has 1 amide bonds. The van der Waals surface area contributed by atoms with Crippen molar-refractivity contribution in [3.63, 3.8) is 0 Å². The number of nitrogens with one attached hydrogen (secondary N) is 1. The molecule has 0 saturated carbocycles. The van der Waals surface area contributed by atoms with E-state index in [-0.39, 0.29) is 5.91 Å². The molecule has 2 rings (SSSR count). The molecule has 0 bridgehead atoms. The molecule has 1 unspecified atom stereocenters. The largest absolute Gasteiger partial charge is 0.375 e. The maximum Gasteiger partial charge on any atom is 0.256 e. The Hall–Kier alpha value is -1.35. The quantitative estimate of drug-likeness (QED) is 0.723. The van der Waals surface area contributed by atoms with E-state index in [1.54, 1.807) is 12.1 Å². The van der Waals surface area contributed by atoms with Crippen molar-refractivity contribution < 1.29 is 9.90 Å². The number of amides is 1. The second-order valence-corrected chi connectivity index (χ2v) is 3.94. The summed E-state index contributed by atoms with van der Waals surface area (Å²) in [5, 5.41) is 13.1. The fraction of sp³-hybridized carbons (Fsp3) is 0.417. The van der Waals surface area contributed by atoms with Gasteiger partial charge in [0.15, 0.2) is 5.60 Å². The van der Waals surface area contributed by atoms with Gasteiger partial charge in [0.05, 0.1) is 0 Å². The predicted octanol–water partition coefficient (Wildman–Crippen LogP) is 1.17. The Labute approximate surface area is 89.1 Å². The summed E-state index contributed by atoms with van der Waals surface area (Å²) in [7, 11) is 0. The molecule has 1 aromatic carbocycles. The summed E-state index contributed by atoms with van der Waals surface area (Å²) in [6, 6.07) is 9.15. The zero-order valence-corrected chi connectivity index (χ0v) is 8.57. The Morgan fingerprint density at radius 3 is 2.67 bits per heavy atom. The van der Waals surface area contributed by atoms with Crippen LogP contribution in [0.2, 0.25) is 0 Å². The zero-order valence-electron chi connectivity index (χ0n) is 8.57. The van der Waals surface area contributed by atoms with Crippen molar-refractivity contribution in [2.75, 3.05) is 6.54 Å². The van der Waals surface area contributed by atoms with Crippen molar-refractivity contribution in [1.29, 1.82) is 0 Å². The van der Waals surface area contributed by atoms with Gasteiger partial charge >= 0.3 is 0 Å². The number of benzene rings is 1. The SMILES string of the molecule is O=C1NCCCCC1(O)c1ccccc1. The van der Waals surface area contributed by atoms with E-state index in [4.69, 9.17) is 0 Å². The third kappa shape index (κ3) is 1.88. The summed E-state index contributed by atoms with van der Waals surface area (Å²) in [4.78, 5) is 11.8. The van der Waals surface area contributed by atoms with Crippen LogP contribution in [-0.4, -0.2) is 17.6 Å². The van der Waals surface area contributed by atoms with E-state index < -0.39 is 5.60 Å². The van der Waals surface area contributed by atoms with E-state index >= 15 is 0 Å². The molecular formula is C12H15NO2. The van der Waals surface area contributed by atoms with E-state index in [0.717, 1.165) is 12.8 Å². The van der Waals surface area contributed by atoms with Gasteiger partial charge in [0.1, 0.15) is 0 Å². The van der Waals surface area contributed by atoms with Gasteiger partial charge in [0, 0.05) is 6.54 Å². The molecule has 1 fully saturated rings. The van der Waals surface area contributed by atoms with Crippen LogP contribution in [0.5, 0.6) is 0 Å². The number of aliphatic hydroxyl groups is 1. The highest BCUT2D eigenvalue weighted by molar-refractivity contribution is 5.86. The van der Waals surface area contributed by atoms with Gasteiger partial charge in [0.2, 0.25) is 0 Å². The summed E-state index contributed by atoms with van der Waals surface area (Å²) in [5.74, 6) is -0.272. The van der Waals surface area contributed by atoms with Crippen molar-refractivity contribution in [3.8, 4) is 0 Å². The van der Waals surface area contributed by atoms with Gasteiger partial charge in [-0.3, -0.25) is 4.79 Å². The van der Waals surface area contributed by atoms with Crippen LogP contribution in [0.1, 0.15) is 24.8 Å². The Balaban J connectivity index is 2.34. The molecule has 0 aromatic heterocycles. The fourth-order valence-electron chi connectivity index (χ4n) is 1.96. The molecule has 1 heterocycles. The smallest absolute Gasteiger partial charge is 0.256 e. The lowest BCUT2D eigenvalue weighted by Crippen LogP contribution is -2.42. The molecule has 0 spiro atoms.